The molecule has 1 heterocycles. The Morgan fingerprint density at radius 1 is 1.53 bits per heavy atom. The van der Waals surface area contributed by atoms with Crippen LogP contribution in [0.25, 0.3) is 0 Å². The summed E-state index contributed by atoms with van der Waals surface area (Å²) in [6, 6.07) is 5.12. The lowest BCUT2D eigenvalue weighted by atomic mass is 10.1. The fourth-order valence-corrected chi connectivity index (χ4v) is 2.34. The number of hydrogen-bond donors (Lipinski definition) is 2. The van der Waals surface area contributed by atoms with Gasteiger partial charge in [-0.3, -0.25) is 4.79 Å². The van der Waals surface area contributed by atoms with Crippen LogP contribution in [0.5, 0.6) is 5.75 Å². The summed E-state index contributed by atoms with van der Waals surface area (Å²) in [5, 5.41) is 5.75. The van der Waals surface area contributed by atoms with Gasteiger partial charge in [-0.25, -0.2) is 4.98 Å². The van der Waals surface area contributed by atoms with Gasteiger partial charge in [0.2, 0.25) is 0 Å². The van der Waals surface area contributed by atoms with E-state index in [0.717, 1.165) is 5.01 Å². The molecule has 0 saturated heterocycles. The van der Waals surface area contributed by atoms with Crippen LogP contribution in [0.2, 0.25) is 0 Å². The molecule has 6 heteroatoms. The maximum Gasteiger partial charge on any atom is 0.255 e. The number of methoxy groups -OCH3 is 1. The minimum atomic E-state index is -0.194. The lowest BCUT2D eigenvalue weighted by molar-refractivity contribution is 0.0951. The van der Waals surface area contributed by atoms with Crippen molar-refractivity contribution in [3.63, 3.8) is 0 Å². The molecule has 0 aliphatic rings. The first kappa shape index (κ1) is 13.4. The van der Waals surface area contributed by atoms with Crippen LogP contribution in [0, 0.1) is 0 Å². The number of nitrogen functional groups attached to an aromatic ring is 1. The molecule has 2 rings (SSSR count). The Hall–Kier alpha value is -2.08. The minimum Gasteiger partial charge on any atom is -0.494 e. The number of nitrogens with two attached hydrogens (primary N) is 1. The van der Waals surface area contributed by atoms with Gasteiger partial charge in [-0.15, -0.1) is 11.3 Å². The van der Waals surface area contributed by atoms with Crippen molar-refractivity contribution in [2.45, 2.75) is 6.42 Å². The van der Waals surface area contributed by atoms with Gasteiger partial charge in [0.15, 0.2) is 5.75 Å². The summed E-state index contributed by atoms with van der Waals surface area (Å²) in [6.45, 7) is 0.532. The van der Waals surface area contributed by atoms with Gasteiger partial charge in [-0.2, -0.15) is 0 Å². The normalized spacial score (nSPS) is 10.2. The van der Waals surface area contributed by atoms with Crippen LogP contribution in [0.15, 0.2) is 29.8 Å². The zero-order valence-corrected chi connectivity index (χ0v) is 11.4. The topological polar surface area (TPSA) is 77.2 Å². The Kier molecular flexibility index (Phi) is 4.35. The average Bonchev–Trinajstić information content (AvgIpc) is 2.91. The van der Waals surface area contributed by atoms with Gasteiger partial charge >= 0.3 is 0 Å². The number of para-hydroxylation sites is 1. The third-order valence-electron chi connectivity index (χ3n) is 2.60. The van der Waals surface area contributed by atoms with Crippen molar-refractivity contribution in [3.8, 4) is 5.75 Å². The summed E-state index contributed by atoms with van der Waals surface area (Å²) in [5.41, 5.74) is 6.66. The molecular formula is C13H15N3O2S. The summed E-state index contributed by atoms with van der Waals surface area (Å²) in [5.74, 6) is 0.218. The van der Waals surface area contributed by atoms with Crippen molar-refractivity contribution in [1.82, 2.24) is 10.3 Å². The van der Waals surface area contributed by atoms with E-state index in [2.05, 4.69) is 10.3 Å². The van der Waals surface area contributed by atoms with Crippen molar-refractivity contribution in [3.05, 3.63) is 40.3 Å². The fourth-order valence-electron chi connectivity index (χ4n) is 1.72. The van der Waals surface area contributed by atoms with Gasteiger partial charge in [0, 0.05) is 24.5 Å². The molecule has 0 radical (unpaired) electrons. The van der Waals surface area contributed by atoms with E-state index in [0.29, 0.717) is 30.0 Å². The molecule has 19 heavy (non-hydrogen) atoms. The highest BCUT2D eigenvalue weighted by Crippen LogP contribution is 2.25. The Morgan fingerprint density at radius 2 is 2.37 bits per heavy atom. The molecule has 0 saturated carbocycles. The maximum absolute atomic E-state index is 12.0. The third kappa shape index (κ3) is 3.23. The van der Waals surface area contributed by atoms with Crippen molar-refractivity contribution < 1.29 is 9.53 Å². The summed E-state index contributed by atoms with van der Waals surface area (Å²) in [6.07, 6.45) is 2.47. The van der Waals surface area contributed by atoms with E-state index in [9.17, 15) is 4.79 Å². The van der Waals surface area contributed by atoms with E-state index in [1.165, 1.54) is 7.11 Å². The first-order valence-electron chi connectivity index (χ1n) is 5.81. The van der Waals surface area contributed by atoms with Crippen LogP contribution in [-0.4, -0.2) is 24.5 Å². The second kappa shape index (κ2) is 6.19. The molecule has 0 bridgehead atoms. The van der Waals surface area contributed by atoms with Gasteiger partial charge in [-0.05, 0) is 12.1 Å². The molecule has 0 fully saturated rings. The zero-order valence-electron chi connectivity index (χ0n) is 10.6. The Labute approximate surface area is 115 Å². The summed E-state index contributed by atoms with van der Waals surface area (Å²) < 4.78 is 5.15. The smallest absolute Gasteiger partial charge is 0.255 e. The van der Waals surface area contributed by atoms with Crippen molar-refractivity contribution in [1.29, 1.82) is 0 Å². The predicted octanol–water partition coefficient (Wildman–Crippen LogP) is 1.71. The first-order valence-corrected chi connectivity index (χ1v) is 6.69. The Morgan fingerprint density at radius 3 is 3.05 bits per heavy atom. The molecule has 1 amide bonds. The molecule has 0 atom stereocenters. The number of thiazole rings is 1. The number of amides is 1. The van der Waals surface area contributed by atoms with Crippen LogP contribution < -0.4 is 15.8 Å². The fraction of sp³-hybridized carbons (Fsp3) is 0.231. The number of rotatable bonds is 5. The van der Waals surface area contributed by atoms with E-state index in [4.69, 9.17) is 10.5 Å². The summed E-state index contributed by atoms with van der Waals surface area (Å²) in [7, 11) is 1.50. The Balaban J connectivity index is 1.98. The van der Waals surface area contributed by atoms with Crippen molar-refractivity contribution in [2.24, 2.45) is 0 Å². The summed E-state index contributed by atoms with van der Waals surface area (Å²) in [4.78, 5) is 16.2. The number of anilines is 1. The number of aromatic nitrogens is 1. The number of ether oxygens (including phenoxy) is 1. The number of benzene rings is 1. The van der Waals surface area contributed by atoms with E-state index in [1.807, 2.05) is 5.38 Å². The molecule has 1 aromatic heterocycles. The number of hydrogen-bond acceptors (Lipinski definition) is 5. The van der Waals surface area contributed by atoms with Crippen LogP contribution in [0.1, 0.15) is 15.4 Å². The van der Waals surface area contributed by atoms with Gasteiger partial charge in [-0.1, -0.05) is 6.07 Å². The molecule has 0 aliphatic carbocycles. The number of carbonyl (C=O) groups excluding carboxylic acids is 1. The molecule has 100 valence electrons. The van der Waals surface area contributed by atoms with Crippen LogP contribution in [0.3, 0.4) is 0 Å². The van der Waals surface area contributed by atoms with Crippen molar-refractivity contribution in [2.75, 3.05) is 19.4 Å². The lowest BCUT2D eigenvalue weighted by Crippen LogP contribution is -2.26. The van der Waals surface area contributed by atoms with E-state index in [1.54, 1.807) is 35.7 Å². The quantitative estimate of drug-likeness (QED) is 0.816. The summed E-state index contributed by atoms with van der Waals surface area (Å²) >= 11 is 1.57. The average molecular weight is 277 g/mol. The molecule has 0 spiro atoms. The standard InChI is InChI=1S/C13H15N3O2S/c1-18-12-9(3-2-4-10(12)14)13(17)16-6-5-11-15-7-8-19-11/h2-4,7-8H,5-6,14H2,1H3,(H,16,17). The molecule has 0 unspecified atom stereocenters. The second-order valence-corrected chi connectivity index (χ2v) is 4.84. The predicted molar refractivity (Wildman–Crippen MR) is 75.6 cm³/mol. The number of carbonyl (C=O) groups is 1. The minimum absolute atomic E-state index is 0.194. The van der Waals surface area contributed by atoms with E-state index in [-0.39, 0.29) is 5.91 Å². The maximum atomic E-state index is 12.0. The van der Waals surface area contributed by atoms with Crippen LogP contribution in [0.4, 0.5) is 5.69 Å². The van der Waals surface area contributed by atoms with Crippen LogP contribution in [-0.2, 0) is 6.42 Å². The highest BCUT2D eigenvalue weighted by atomic mass is 32.1. The zero-order chi connectivity index (χ0) is 13.7. The molecule has 3 N–H and O–H groups in total. The molecule has 5 nitrogen and oxygen atoms in total. The largest absolute Gasteiger partial charge is 0.494 e. The second-order valence-electron chi connectivity index (χ2n) is 3.86. The van der Waals surface area contributed by atoms with Crippen LogP contribution >= 0.6 is 11.3 Å². The SMILES string of the molecule is COc1c(N)cccc1C(=O)NCCc1nccs1. The first-order chi connectivity index (χ1) is 9.22. The third-order valence-corrected chi connectivity index (χ3v) is 3.44. The van der Waals surface area contributed by atoms with Gasteiger partial charge in [0.1, 0.15) is 0 Å². The van der Waals surface area contributed by atoms with E-state index < -0.39 is 0 Å². The number of nitrogens with zero attached hydrogens (tertiary/aromatic N) is 1. The lowest BCUT2D eigenvalue weighted by Gasteiger charge is -2.10. The highest BCUT2D eigenvalue weighted by molar-refractivity contribution is 7.09. The van der Waals surface area contributed by atoms with Crippen molar-refractivity contribution >= 4 is 22.9 Å². The monoisotopic (exact) mass is 277 g/mol. The molecule has 0 aliphatic heterocycles. The van der Waals surface area contributed by atoms with E-state index >= 15 is 0 Å². The number of nitrogens with one attached hydrogen (secondary N) is 1. The molecule has 2 aromatic rings. The highest BCUT2D eigenvalue weighted by Gasteiger charge is 2.13. The van der Waals surface area contributed by atoms with Gasteiger partial charge in [0.25, 0.3) is 5.91 Å². The molecular weight excluding hydrogens is 262 g/mol. The molecule has 1 aromatic carbocycles. The Bertz CT molecular complexity index is 555. The van der Waals surface area contributed by atoms with Gasteiger partial charge < -0.3 is 15.8 Å². The van der Waals surface area contributed by atoms with Gasteiger partial charge in [0.05, 0.1) is 23.4 Å².